The first-order valence-corrected chi connectivity index (χ1v) is 10.6. The fourth-order valence-corrected chi connectivity index (χ4v) is 3.81. The highest BCUT2D eigenvalue weighted by Crippen LogP contribution is 2.25. The van der Waals surface area contributed by atoms with Gasteiger partial charge in [-0.25, -0.2) is 4.79 Å². The molecule has 2 atom stereocenters. The molecule has 0 aliphatic rings. The summed E-state index contributed by atoms with van der Waals surface area (Å²) in [6, 6.07) is 13.0. The summed E-state index contributed by atoms with van der Waals surface area (Å²) in [5.74, 6) is -1.25. The Hall–Kier alpha value is -2.04. The van der Waals surface area contributed by atoms with Crippen molar-refractivity contribution in [3.63, 3.8) is 0 Å². The van der Waals surface area contributed by atoms with Gasteiger partial charge in [0.2, 0.25) is 0 Å². The van der Waals surface area contributed by atoms with Crippen molar-refractivity contribution in [2.45, 2.75) is 45.6 Å². The molecule has 0 heterocycles. The van der Waals surface area contributed by atoms with E-state index in [4.69, 9.17) is 23.2 Å². The largest absolute Gasteiger partial charge is 0.480 e. The van der Waals surface area contributed by atoms with Gasteiger partial charge < -0.3 is 10.0 Å². The summed E-state index contributed by atoms with van der Waals surface area (Å²) in [7, 11) is 0. The third-order valence-electron chi connectivity index (χ3n) is 4.91. The molecule has 0 saturated heterocycles. The van der Waals surface area contributed by atoms with Gasteiger partial charge in [0, 0.05) is 18.0 Å². The van der Waals surface area contributed by atoms with Crippen molar-refractivity contribution in [3.8, 4) is 0 Å². The van der Waals surface area contributed by atoms with Crippen molar-refractivity contribution in [1.29, 1.82) is 0 Å². The van der Waals surface area contributed by atoms with Crippen LogP contribution in [0.1, 0.15) is 49.0 Å². The zero-order valence-corrected chi connectivity index (χ0v) is 18.3. The lowest BCUT2D eigenvalue weighted by Crippen LogP contribution is -2.48. The van der Waals surface area contributed by atoms with Crippen LogP contribution >= 0.6 is 23.2 Å². The van der Waals surface area contributed by atoms with E-state index in [1.807, 2.05) is 37.3 Å². The summed E-state index contributed by atoms with van der Waals surface area (Å²) in [5.41, 5.74) is 1.12. The molecule has 0 fully saturated rings. The number of hydrogen-bond acceptors (Lipinski definition) is 2. The summed E-state index contributed by atoms with van der Waals surface area (Å²) >= 11 is 12.2. The molecule has 0 aliphatic heterocycles. The van der Waals surface area contributed by atoms with Gasteiger partial charge >= 0.3 is 5.97 Å². The SMILES string of the molecule is CCCCC(C)CN(C(=O)c1ccc(Cl)cc1Cl)[C@@H](Cc1ccccc1)C(=O)O. The highest BCUT2D eigenvalue weighted by molar-refractivity contribution is 6.36. The third-order valence-corrected chi connectivity index (χ3v) is 5.46. The minimum absolute atomic E-state index is 0.169. The number of carboxylic acid groups (broad SMARTS) is 1. The molecule has 2 aromatic rings. The number of benzene rings is 2. The second kappa shape index (κ2) is 11.2. The first-order valence-electron chi connectivity index (χ1n) is 9.86. The summed E-state index contributed by atoms with van der Waals surface area (Å²) in [5, 5.41) is 10.6. The molecule has 156 valence electrons. The molecular weight excluding hydrogens is 409 g/mol. The number of unbranched alkanes of at least 4 members (excludes halogenated alkanes) is 1. The second-order valence-corrected chi connectivity index (χ2v) is 8.22. The molecule has 6 heteroatoms. The van der Waals surface area contributed by atoms with Crippen LogP contribution in [-0.4, -0.2) is 34.5 Å². The molecule has 29 heavy (non-hydrogen) atoms. The van der Waals surface area contributed by atoms with Crippen LogP contribution in [0.15, 0.2) is 48.5 Å². The fraction of sp³-hybridized carbons (Fsp3) is 0.391. The predicted octanol–water partition coefficient (Wildman–Crippen LogP) is 5.96. The second-order valence-electron chi connectivity index (χ2n) is 7.37. The molecule has 2 aromatic carbocycles. The first-order chi connectivity index (χ1) is 13.8. The molecule has 2 rings (SSSR count). The van der Waals surface area contributed by atoms with Crippen LogP contribution in [0.25, 0.3) is 0 Å². The Kier molecular flexibility index (Phi) is 8.99. The van der Waals surface area contributed by atoms with E-state index in [-0.39, 0.29) is 22.9 Å². The van der Waals surface area contributed by atoms with E-state index in [0.717, 1.165) is 24.8 Å². The van der Waals surface area contributed by atoms with Crippen molar-refractivity contribution in [3.05, 3.63) is 69.7 Å². The van der Waals surface area contributed by atoms with Gasteiger partial charge in [-0.05, 0) is 36.1 Å². The Labute approximate surface area is 182 Å². The Bertz CT molecular complexity index is 826. The topological polar surface area (TPSA) is 57.6 Å². The van der Waals surface area contributed by atoms with E-state index >= 15 is 0 Å². The van der Waals surface area contributed by atoms with Crippen LogP contribution in [0.3, 0.4) is 0 Å². The minimum Gasteiger partial charge on any atom is -0.480 e. The van der Waals surface area contributed by atoms with Crippen LogP contribution in [0.4, 0.5) is 0 Å². The van der Waals surface area contributed by atoms with Crippen LogP contribution < -0.4 is 0 Å². The molecule has 0 aliphatic carbocycles. The lowest BCUT2D eigenvalue weighted by molar-refractivity contribution is -0.142. The number of carboxylic acids is 1. The van der Waals surface area contributed by atoms with Gasteiger partial charge in [0.1, 0.15) is 6.04 Å². The van der Waals surface area contributed by atoms with E-state index in [0.29, 0.717) is 11.6 Å². The van der Waals surface area contributed by atoms with Crippen molar-refractivity contribution >= 4 is 35.1 Å². The van der Waals surface area contributed by atoms with E-state index in [1.54, 1.807) is 12.1 Å². The number of amides is 1. The van der Waals surface area contributed by atoms with Gasteiger partial charge in [0.15, 0.2) is 0 Å². The monoisotopic (exact) mass is 435 g/mol. The van der Waals surface area contributed by atoms with Crippen LogP contribution in [0.2, 0.25) is 10.0 Å². The van der Waals surface area contributed by atoms with Gasteiger partial charge in [-0.15, -0.1) is 0 Å². The highest BCUT2D eigenvalue weighted by Gasteiger charge is 2.32. The van der Waals surface area contributed by atoms with Gasteiger partial charge in [0.25, 0.3) is 5.91 Å². The standard InChI is InChI=1S/C23H27Cl2NO3/c1-3-4-8-16(2)15-26(22(27)19-12-11-18(24)14-20(19)25)21(23(28)29)13-17-9-6-5-7-10-17/h5-7,9-12,14,16,21H,3-4,8,13,15H2,1-2H3,(H,28,29)/t16?,21-/m0/s1. The van der Waals surface area contributed by atoms with Crippen molar-refractivity contribution in [2.24, 2.45) is 5.92 Å². The van der Waals surface area contributed by atoms with E-state index in [2.05, 4.69) is 6.92 Å². The average molecular weight is 436 g/mol. The molecule has 1 amide bonds. The van der Waals surface area contributed by atoms with Gasteiger partial charge in [-0.2, -0.15) is 0 Å². The molecule has 0 aromatic heterocycles. The van der Waals surface area contributed by atoms with E-state index in [9.17, 15) is 14.7 Å². The zero-order valence-electron chi connectivity index (χ0n) is 16.8. The summed E-state index contributed by atoms with van der Waals surface area (Å²) < 4.78 is 0. The van der Waals surface area contributed by atoms with Crippen molar-refractivity contribution in [1.82, 2.24) is 4.90 Å². The molecular formula is C23H27Cl2NO3. The number of carbonyl (C=O) groups excluding carboxylic acids is 1. The fourth-order valence-electron chi connectivity index (χ4n) is 3.32. The maximum Gasteiger partial charge on any atom is 0.326 e. The van der Waals surface area contributed by atoms with Gasteiger partial charge in [-0.1, -0.05) is 80.2 Å². The molecule has 4 nitrogen and oxygen atoms in total. The van der Waals surface area contributed by atoms with E-state index < -0.39 is 17.9 Å². The van der Waals surface area contributed by atoms with Gasteiger partial charge in [-0.3, -0.25) is 4.79 Å². The molecule has 0 bridgehead atoms. The minimum atomic E-state index is -1.03. The smallest absolute Gasteiger partial charge is 0.326 e. The van der Waals surface area contributed by atoms with Crippen LogP contribution in [0, 0.1) is 5.92 Å². The average Bonchev–Trinajstić information content (AvgIpc) is 2.69. The van der Waals surface area contributed by atoms with Crippen molar-refractivity contribution in [2.75, 3.05) is 6.54 Å². The summed E-state index contributed by atoms with van der Waals surface area (Å²) in [6.07, 6.45) is 3.23. The normalized spacial score (nSPS) is 13.0. The number of hydrogen-bond donors (Lipinski definition) is 1. The van der Waals surface area contributed by atoms with Gasteiger partial charge in [0.05, 0.1) is 10.6 Å². The molecule has 1 N–H and O–H groups in total. The number of nitrogens with zero attached hydrogens (tertiary/aromatic N) is 1. The molecule has 0 saturated carbocycles. The number of carbonyl (C=O) groups is 2. The highest BCUT2D eigenvalue weighted by atomic mass is 35.5. The van der Waals surface area contributed by atoms with Crippen LogP contribution in [0.5, 0.6) is 0 Å². The Morgan fingerprint density at radius 2 is 1.79 bits per heavy atom. The molecule has 1 unspecified atom stereocenters. The molecule has 0 spiro atoms. The number of aliphatic carboxylic acids is 1. The zero-order chi connectivity index (χ0) is 21.4. The Balaban J connectivity index is 2.37. The number of halogens is 2. The quantitative estimate of drug-likeness (QED) is 0.500. The summed E-state index contributed by atoms with van der Waals surface area (Å²) in [6.45, 7) is 4.50. The van der Waals surface area contributed by atoms with Crippen molar-refractivity contribution < 1.29 is 14.7 Å². The Morgan fingerprint density at radius 1 is 1.10 bits per heavy atom. The van der Waals surface area contributed by atoms with E-state index in [1.165, 1.54) is 11.0 Å². The first kappa shape index (κ1) is 23.2. The Morgan fingerprint density at radius 3 is 2.38 bits per heavy atom. The predicted molar refractivity (Wildman–Crippen MR) is 118 cm³/mol. The lowest BCUT2D eigenvalue weighted by Gasteiger charge is -2.32. The third kappa shape index (κ3) is 6.76. The maximum absolute atomic E-state index is 13.4. The van der Waals surface area contributed by atoms with Crippen LogP contribution in [-0.2, 0) is 11.2 Å². The number of rotatable bonds is 10. The maximum atomic E-state index is 13.4. The molecule has 0 radical (unpaired) electrons. The lowest BCUT2D eigenvalue weighted by atomic mass is 9.99. The summed E-state index contributed by atoms with van der Waals surface area (Å²) in [4.78, 5) is 27.0.